The van der Waals surface area contributed by atoms with Gasteiger partial charge in [-0.2, -0.15) is 0 Å². The number of barbiturate groups is 1. The summed E-state index contributed by atoms with van der Waals surface area (Å²) in [6, 6.07) is 8.60. The average molecular weight is 382 g/mol. The lowest BCUT2D eigenvalue weighted by Crippen LogP contribution is -2.51. The fourth-order valence-corrected chi connectivity index (χ4v) is 2.74. The van der Waals surface area contributed by atoms with Gasteiger partial charge in [0.25, 0.3) is 17.7 Å². The molecule has 0 aromatic heterocycles. The van der Waals surface area contributed by atoms with Gasteiger partial charge in [-0.05, 0) is 36.4 Å². The van der Waals surface area contributed by atoms with Crippen molar-refractivity contribution in [3.05, 3.63) is 65.0 Å². The first-order valence-corrected chi connectivity index (χ1v) is 8.24. The van der Waals surface area contributed by atoms with Gasteiger partial charge in [-0.1, -0.05) is 36.4 Å². The zero-order valence-electron chi connectivity index (χ0n) is 14.1. The number of carbonyl (C=O) groups is 4. The summed E-state index contributed by atoms with van der Waals surface area (Å²) >= 11 is 5.10. The van der Waals surface area contributed by atoms with Crippen LogP contribution in [0.3, 0.4) is 0 Å². The normalized spacial score (nSPS) is 19.2. The van der Waals surface area contributed by atoms with Crippen LogP contribution in [0.2, 0.25) is 0 Å². The summed E-state index contributed by atoms with van der Waals surface area (Å²) < 4.78 is 0. The zero-order valence-corrected chi connectivity index (χ0v) is 14.9. The van der Waals surface area contributed by atoms with Crippen molar-refractivity contribution in [3.63, 3.8) is 0 Å². The molecule has 0 atom stereocenters. The van der Waals surface area contributed by atoms with Gasteiger partial charge in [0.2, 0.25) is 0 Å². The number of hydrogen-bond acceptors (Lipinski definition) is 5. The fourth-order valence-electron chi connectivity index (χ4n) is 2.49. The van der Waals surface area contributed by atoms with E-state index in [0.29, 0.717) is 0 Å². The van der Waals surface area contributed by atoms with Crippen molar-refractivity contribution in [1.82, 2.24) is 20.9 Å². The van der Waals surface area contributed by atoms with Crippen molar-refractivity contribution in [3.8, 4) is 0 Å². The number of urea groups is 1. The zero-order chi connectivity index (χ0) is 19.6. The second-order valence-corrected chi connectivity index (χ2v) is 6.12. The predicted molar refractivity (Wildman–Crippen MR) is 101 cm³/mol. The Morgan fingerprint density at radius 2 is 1.59 bits per heavy atom. The molecule has 9 heteroatoms. The Bertz CT molecular complexity index is 941. The number of hydrogen-bond donors (Lipinski definition) is 3. The average Bonchev–Trinajstić information content (AvgIpc) is 2.85. The van der Waals surface area contributed by atoms with Gasteiger partial charge in [-0.25, -0.2) is 4.79 Å². The van der Waals surface area contributed by atoms with Crippen molar-refractivity contribution in [1.29, 1.82) is 0 Å². The van der Waals surface area contributed by atoms with Crippen LogP contribution in [0.25, 0.3) is 6.08 Å². The van der Waals surface area contributed by atoms with Gasteiger partial charge in [0, 0.05) is 6.20 Å². The SMILES string of the molecule is CC(=Cc1ccccc1)C=C1C(=O)NC(=S)N1C=C1C(=O)NC(=O)NC1=O. The second kappa shape index (κ2) is 7.34. The van der Waals surface area contributed by atoms with Crippen LogP contribution < -0.4 is 16.0 Å². The van der Waals surface area contributed by atoms with Crippen molar-refractivity contribution < 1.29 is 19.2 Å². The Morgan fingerprint density at radius 3 is 2.22 bits per heavy atom. The standard InChI is InChI=1S/C18H14N4O4S/c1-10(7-11-5-3-2-4-6-11)8-13-16(25)21-18(27)22(13)9-12-14(23)19-17(26)20-15(12)24/h2-9H,1H3,(H,21,25,27)(H2,19,20,23,24,26). The maximum Gasteiger partial charge on any atom is 0.328 e. The molecule has 0 aliphatic carbocycles. The van der Waals surface area contributed by atoms with E-state index in [2.05, 4.69) is 5.32 Å². The van der Waals surface area contributed by atoms with Crippen LogP contribution in [-0.4, -0.2) is 33.8 Å². The summed E-state index contributed by atoms with van der Waals surface area (Å²) in [5.74, 6) is -2.21. The van der Waals surface area contributed by atoms with E-state index >= 15 is 0 Å². The van der Waals surface area contributed by atoms with Gasteiger partial charge >= 0.3 is 6.03 Å². The van der Waals surface area contributed by atoms with E-state index in [0.717, 1.165) is 17.3 Å². The molecule has 2 aliphatic heterocycles. The Morgan fingerprint density at radius 1 is 0.963 bits per heavy atom. The van der Waals surface area contributed by atoms with Gasteiger partial charge in [-0.3, -0.25) is 35.2 Å². The molecule has 0 bridgehead atoms. The lowest BCUT2D eigenvalue weighted by atomic mass is 10.1. The van der Waals surface area contributed by atoms with Crippen LogP contribution in [-0.2, 0) is 14.4 Å². The van der Waals surface area contributed by atoms with E-state index in [-0.39, 0.29) is 16.4 Å². The number of nitrogens with one attached hydrogen (secondary N) is 3. The molecule has 136 valence electrons. The maximum absolute atomic E-state index is 12.2. The van der Waals surface area contributed by atoms with Crippen molar-refractivity contribution in [2.75, 3.05) is 0 Å². The van der Waals surface area contributed by atoms with Crippen molar-refractivity contribution in [2.24, 2.45) is 0 Å². The van der Waals surface area contributed by atoms with E-state index in [4.69, 9.17) is 12.2 Å². The number of imide groups is 2. The number of amides is 5. The predicted octanol–water partition coefficient (Wildman–Crippen LogP) is 0.940. The van der Waals surface area contributed by atoms with Gasteiger partial charge in [0.1, 0.15) is 11.3 Å². The number of thiocarbonyl (C=S) groups is 1. The molecule has 0 radical (unpaired) electrons. The molecule has 27 heavy (non-hydrogen) atoms. The third-order valence-corrected chi connectivity index (χ3v) is 3.99. The number of rotatable bonds is 3. The minimum Gasteiger partial charge on any atom is -0.297 e. The number of nitrogens with zero attached hydrogens (tertiary/aromatic N) is 1. The first kappa shape index (κ1) is 18.2. The summed E-state index contributed by atoms with van der Waals surface area (Å²) in [6.07, 6.45) is 4.58. The topological polar surface area (TPSA) is 108 Å². The van der Waals surface area contributed by atoms with E-state index in [9.17, 15) is 19.2 Å². The highest BCUT2D eigenvalue weighted by Gasteiger charge is 2.33. The molecule has 2 aliphatic rings. The Hall–Kier alpha value is -3.59. The molecule has 3 rings (SSSR count). The molecule has 5 amide bonds. The highest BCUT2D eigenvalue weighted by molar-refractivity contribution is 7.80. The summed E-state index contributed by atoms with van der Waals surface area (Å²) in [5, 5.41) is 6.41. The lowest BCUT2D eigenvalue weighted by Gasteiger charge is -2.18. The molecule has 2 saturated heterocycles. The van der Waals surface area contributed by atoms with E-state index in [1.165, 1.54) is 4.90 Å². The molecule has 0 spiro atoms. The van der Waals surface area contributed by atoms with E-state index in [1.54, 1.807) is 13.0 Å². The Balaban J connectivity index is 1.95. The molecule has 3 N–H and O–H groups in total. The van der Waals surface area contributed by atoms with Crippen LogP contribution in [0.1, 0.15) is 12.5 Å². The molecule has 1 aromatic rings. The summed E-state index contributed by atoms with van der Waals surface area (Å²) in [6.45, 7) is 1.80. The molecule has 0 saturated carbocycles. The summed E-state index contributed by atoms with van der Waals surface area (Å²) in [5.41, 5.74) is 1.51. The monoisotopic (exact) mass is 382 g/mol. The van der Waals surface area contributed by atoms with Crippen LogP contribution in [0.4, 0.5) is 4.79 Å². The summed E-state index contributed by atoms with van der Waals surface area (Å²) in [4.78, 5) is 48.4. The van der Waals surface area contributed by atoms with Crippen molar-refractivity contribution >= 4 is 47.2 Å². The fraction of sp³-hybridized carbons (Fsp3) is 0.0556. The third kappa shape index (κ3) is 3.98. The number of allylic oxidation sites excluding steroid dienone is 2. The molecular weight excluding hydrogens is 368 g/mol. The molecular formula is C18H14N4O4S. The first-order chi connectivity index (χ1) is 12.8. The van der Waals surface area contributed by atoms with Crippen LogP contribution in [0, 0.1) is 0 Å². The Kier molecular flexibility index (Phi) is 4.95. The second-order valence-electron chi connectivity index (χ2n) is 5.74. The number of benzene rings is 1. The molecule has 8 nitrogen and oxygen atoms in total. The van der Waals surface area contributed by atoms with E-state index in [1.807, 2.05) is 47.0 Å². The van der Waals surface area contributed by atoms with Crippen LogP contribution in [0.15, 0.2) is 59.5 Å². The molecule has 1 aromatic carbocycles. The maximum atomic E-state index is 12.2. The highest BCUT2D eigenvalue weighted by Crippen LogP contribution is 2.19. The first-order valence-electron chi connectivity index (χ1n) is 7.83. The molecule has 2 heterocycles. The van der Waals surface area contributed by atoms with Gasteiger partial charge in [0.05, 0.1) is 0 Å². The Labute approximate surface area is 159 Å². The van der Waals surface area contributed by atoms with Crippen LogP contribution >= 0.6 is 12.2 Å². The van der Waals surface area contributed by atoms with Crippen LogP contribution in [0.5, 0.6) is 0 Å². The smallest absolute Gasteiger partial charge is 0.297 e. The number of carbonyl (C=O) groups excluding carboxylic acids is 4. The van der Waals surface area contributed by atoms with Crippen molar-refractivity contribution in [2.45, 2.75) is 6.92 Å². The minimum absolute atomic E-state index is 0.0174. The van der Waals surface area contributed by atoms with Gasteiger partial charge in [0.15, 0.2) is 5.11 Å². The highest BCUT2D eigenvalue weighted by atomic mass is 32.1. The van der Waals surface area contributed by atoms with E-state index < -0.39 is 23.8 Å². The van der Waals surface area contributed by atoms with Gasteiger partial charge in [-0.15, -0.1) is 0 Å². The quantitative estimate of drug-likeness (QED) is 0.408. The minimum atomic E-state index is -0.905. The van der Waals surface area contributed by atoms with Gasteiger partial charge < -0.3 is 0 Å². The third-order valence-electron chi connectivity index (χ3n) is 3.69. The molecule has 0 unspecified atom stereocenters. The summed E-state index contributed by atoms with van der Waals surface area (Å²) in [7, 11) is 0. The molecule has 2 fully saturated rings. The largest absolute Gasteiger partial charge is 0.328 e. The lowest BCUT2D eigenvalue weighted by molar-refractivity contribution is -0.124.